The van der Waals surface area contributed by atoms with Crippen molar-refractivity contribution in [3.05, 3.63) is 26.6 Å². The highest BCUT2D eigenvalue weighted by Crippen LogP contribution is 2.34. The van der Waals surface area contributed by atoms with Gasteiger partial charge in [0, 0.05) is 6.04 Å². The van der Waals surface area contributed by atoms with E-state index in [0.717, 1.165) is 20.9 Å². The van der Waals surface area contributed by atoms with Crippen LogP contribution < -0.4 is 10.1 Å². The summed E-state index contributed by atoms with van der Waals surface area (Å²) in [6.07, 6.45) is 0.906. The van der Waals surface area contributed by atoms with Crippen molar-refractivity contribution in [2.24, 2.45) is 0 Å². The Morgan fingerprint density at radius 1 is 1.39 bits per heavy atom. The lowest BCUT2D eigenvalue weighted by atomic mass is 10.2. The van der Waals surface area contributed by atoms with E-state index in [0.29, 0.717) is 5.75 Å². The Kier molecular flexibility index (Phi) is 6.15. The fraction of sp³-hybridized carbons (Fsp3) is 0.462. The maximum absolute atomic E-state index is 11.6. The number of nitrogens with one attached hydrogen (secondary N) is 1. The summed E-state index contributed by atoms with van der Waals surface area (Å²) in [7, 11) is 0. The number of carbonyl (C=O) groups is 1. The molecule has 0 aliphatic heterocycles. The molecule has 1 aromatic carbocycles. The summed E-state index contributed by atoms with van der Waals surface area (Å²) < 4.78 is 7.20. The van der Waals surface area contributed by atoms with Crippen molar-refractivity contribution in [1.82, 2.24) is 5.32 Å². The van der Waals surface area contributed by atoms with Gasteiger partial charge in [-0.1, -0.05) is 6.92 Å². The van der Waals surface area contributed by atoms with E-state index in [1.807, 2.05) is 32.9 Å². The van der Waals surface area contributed by atoms with E-state index in [1.54, 1.807) is 0 Å². The van der Waals surface area contributed by atoms with Crippen LogP contribution >= 0.6 is 31.9 Å². The molecule has 1 aromatic rings. The summed E-state index contributed by atoms with van der Waals surface area (Å²) in [4.78, 5) is 11.6. The average Bonchev–Trinajstić information content (AvgIpc) is 2.27. The molecular formula is C13H17Br2NO2. The molecular weight excluding hydrogens is 362 g/mol. The highest BCUT2D eigenvalue weighted by molar-refractivity contribution is 9.11. The van der Waals surface area contributed by atoms with Crippen LogP contribution in [0.5, 0.6) is 5.75 Å². The van der Waals surface area contributed by atoms with Gasteiger partial charge in [0.05, 0.1) is 8.95 Å². The fourth-order valence-corrected chi connectivity index (χ4v) is 3.03. The summed E-state index contributed by atoms with van der Waals surface area (Å²) in [5, 5.41) is 2.86. The van der Waals surface area contributed by atoms with Crippen molar-refractivity contribution in [2.45, 2.75) is 33.2 Å². The Balaban J connectivity index is 2.61. The second kappa shape index (κ2) is 7.14. The van der Waals surface area contributed by atoms with Crippen molar-refractivity contribution in [2.75, 3.05) is 6.61 Å². The molecule has 0 heterocycles. The Morgan fingerprint density at radius 3 is 2.44 bits per heavy atom. The first-order valence-corrected chi connectivity index (χ1v) is 7.40. The lowest BCUT2D eigenvalue weighted by Crippen LogP contribution is -2.35. The van der Waals surface area contributed by atoms with Crippen LogP contribution in [0.25, 0.3) is 0 Å². The van der Waals surface area contributed by atoms with Crippen LogP contribution in [0.3, 0.4) is 0 Å². The minimum Gasteiger partial charge on any atom is -0.481 e. The van der Waals surface area contributed by atoms with E-state index in [9.17, 15) is 4.79 Å². The molecule has 0 aliphatic carbocycles. The highest BCUT2D eigenvalue weighted by atomic mass is 79.9. The molecule has 0 spiro atoms. The second-order valence-corrected chi connectivity index (χ2v) is 5.93. The van der Waals surface area contributed by atoms with Crippen molar-refractivity contribution < 1.29 is 9.53 Å². The fourth-order valence-electron chi connectivity index (χ4n) is 1.38. The smallest absolute Gasteiger partial charge is 0.258 e. The van der Waals surface area contributed by atoms with Gasteiger partial charge < -0.3 is 10.1 Å². The average molecular weight is 379 g/mol. The third-order valence-electron chi connectivity index (χ3n) is 2.51. The summed E-state index contributed by atoms with van der Waals surface area (Å²) in [6.45, 7) is 6.01. The maximum Gasteiger partial charge on any atom is 0.258 e. The van der Waals surface area contributed by atoms with E-state index in [4.69, 9.17) is 4.74 Å². The SMILES string of the molecule is CC[C@H](C)NC(=O)COc1c(Br)cc(C)cc1Br. The third kappa shape index (κ3) is 4.61. The number of rotatable bonds is 5. The van der Waals surface area contributed by atoms with Gasteiger partial charge in [-0.3, -0.25) is 4.79 Å². The zero-order valence-electron chi connectivity index (χ0n) is 10.7. The van der Waals surface area contributed by atoms with Gasteiger partial charge in [-0.15, -0.1) is 0 Å². The van der Waals surface area contributed by atoms with Crippen LogP contribution in [0.4, 0.5) is 0 Å². The molecule has 0 saturated carbocycles. The summed E-state index contributed by atoms with van der Waals surface area (Å²) >= 11 is 6.85. The minimum absolute atomic E-state index is 0.0185. The lowest BCUT2D eigenvalue weighted by Gasteiger charge is -2.14. The first-order valence-electron chi connectivity index (χ1n) is 5.81. The van der Waals surface area contributed by atoms with Crippen LogP contribution in [-0.4, -0.2) is 18.6 Å². The zero-order chi connectivity index (χ0) is 13.7. The number of hydrogen-bond donors (Lipinski definition) is 1. The second-order valence-electron chi connectivity index (χ2n) is 4.22. The number of halogens is 2. The Labute approximate surface area is 125 Å². The lowest BCUT2D eigenvalue weighted by molar-refractivity contribution is -0.123. The molecule has 5 heteroatoms. The number of hydrogen-bond acceptors (Lipinski definition) is 2. The van der Waals surface area contributed by atoms with Crippen LogP contribution in [0.2, 0.25) is 0 Å². The molecule has 0 radical (unpaired) electrons. The normalized spacial score (nSPS) is 12.1. The molecule has 0 saturated heterocycles. The van der Waals surface area contributed by atoms with Crippen molar-refractivity contribution in [3.8, 4) is 5.75 Å². The number of aryl methyl sites for hydroxylation is 1. The highest BCUT2D eigenvalue weighted by Gasteiger charge is 2.11. The molecule has 0 aliphatic rings. The van der Waals surface area contributed by atoms with E-state index in [-0.39, 0.29) is 18.6 Å². The first-order chi connectivity index (χ1) is 8.43. The van der Waals surface area contributed by atoms with E-state index >= 15 is 0 Å². The van der Waals surface area contributed by atoms with Gasteiger partial charge >= 0.3 is 0 Å². The van der Waals surface area contributed by atoms with Crippen molar-refractivity contribution in [1.29, 1.82) is 0 Å². The molecule has 1 N–H and O–H groups in total. The van der Waals surface area contributed by atoms with Crippen LogP contribution in [0.1, 0.15) is 25.8 Å². The van der Waals surface area contributed by atoms with Gasteiger partial charge in [-0.05, 0) is 69.8 Å². The van der Waals surface area contributed by atoms with Crippen LogP contribution in [0, 0.1) is 6.92 Å². The molecule has 0 unspecified atom stereocenters. The van der Waals surface area contributed by atoms with Crippen molar-refractivity contribution in [3.63, 3.8) is 0 Å². The Bertz CT molecular complexity index is 412. The number of carbonyl (C=O) groups excluding carboxylic acids is 1. The predicted molar refractivity (Wildman–Crippen MR) is 80.0 cm³/mol. The molecule has 0 fully saturated rings. The summed E-state index contributed by atoms with van der Waals surface area (Å²) in [5.74, 6) is 0.545. The Morgan fingerprint density at radius 2 is 1.94 bits per heavy atom. The first kappa shape index (κ1) is 15.5. The largest absolute Gasteiger partial charge is 0.481 e. The minimum atomic E-state index is -0.108. The molecule has 1 amide bonds. The van der Waals surface area contributed by atoms with Gasteiger partial charge in [0.2, 0.25) is 0 Å². The van der Waals surface area contributed by atoms with Crippen LogP contribution in [-0.2, 0) is 4.79 Å². The molecule has 0 bridgehead atoms. The number of benzene rings is 1. The Hall–Kier alpha value is -0.550. The van der Waals surface area contributed by atoms with E-state index in [2.05, 4.69) is 37.2 Å². The van der Waals surface area contributed by atoms with Gasteiger partial charge in [0.25, 0.3) is 5.91 Å². The standard InChI is InChI=1S/C13H17Br2NO2/c1-4-9(3)16-12(17)7-18-13-10(14)5-8(2)6-11(13)15/h5-6,9H,4,7H2,1-3H3,(H,16,17)/t9-/m0/s1. The summed E-state index contributed by atoms with van der Waals surface area (Å²) in [6, 6.07) is 4.07. The summed E-state index contributed by atoms with van der Waals surface area (Å²) in [5.41, 5.74) is 1.12. The topological polar surface area (TPSA) is 38.3 Å². The van der Waals surface area contributed by atoms with Gasteiger partial charge in [0.1, 0.15) is 5.75 Å². The predicted octanol–water partition coefficient (Wildman–Crippen LogP) is 3.81. The molecule has 3 nitrogen and oxygen atoms in total. The molecule has 0 aromatic heterocycles. The van der Waals surface area contributed by atoms with Gasteiger partial charge in [-0.25, -0.2) is 0 Å². The monoisotopic (exact) mass is 377 g/mol. The number of amides is 1. The van der Waals surface area contributed by atoms with E-state index in [1.165, 1.54) is 0 Å². The van der Waals surface area contributed by atoms with Gasteiger partial charge in [0.15, 0.2) is 6.61 Å². The third-order valence-corrected chi connectivity index (χ3v) is 3.69. The molecule has 18 heavy (non-hydrogen) atoms. The molecule has 100 valence electrons. The van der Waals surface area contributed by atoms with Crippen LogP contribution in [0.15, 0.2) is 21.1 Å². The number of ether oxygens (including phenoxy) is 1. The quantitative estimate of drug-likeness (QED) is 0.845. The maximum atomic E-state index is 11.6. The zero-order valence-corrected chi connectivity index (χ0v) is 13.9. The van der Waals surface area contributed by atoms with Crippen molar-refractivity contribution >= 4 is 37.8 Å². The molecule has 1 rings (SSSR count). The van der Waals surface area contributed by atoms with E-state index < -0.39 is 0 Å². The molecule has 1 atom stereocenters. The van der Waals surface area contributed by atoms with Gasteiger partial charge in [-0.2, -0.15) is 0 Å².